The molecule has 0 aromatic heterocycles. The molecule has 0 spiro atoms. The average Bonchev–Trinajstić information content (AvgIpc) is 3.25. The van der Waals surface area contributed by atoms with E-state index in [2.05, 4.69) is 5.32 Å². The number of hydrogen-bond acceptors (Lipinski definition) is 5. The molecular weight excluding hydrogens is 428 g/mol. The van der Waals surface area contributed by atoms with Gasteiger partial charge in [0.2, 0.25) is 0 Å². The van der Waals surface area contributed by atoms with Gasteiger partial charge >= 0.3 is 0 Å². The van der Waals surface area contributed by atoms with Crippen molar-refractivity contribution >= 4 is 27.3 Å². The molecule has 0 saturated carbocycles. The van der Waals surface area contributed by atoms with Gasteiger partial charge in [0.15, 0.2) is 0 Å². The lowest BCUT2D eigenvalue weighted by Crippen LogP contribution is -2.29. The largest absolute Gasteiger partial charge is 0.490 e. The normalized spacial score (nSPS) is 13.0. The fourth-order valence-corrected chi connectivity index (χ4v) is 5.11. The molecule has 0 fully saturated rings. The van der Waals surface area contributed by atoms with Crippen molar-refractivity contribution in [2.75, 3.05) is 36.5 Å². The summed E-state index contributed by atoms with van der Waals surface area (Å²) in [5, 5.41) is 2.79. The highest BCUT2D eigenvalue weighted by Crippen LogP contribution is 2.33. The number of amides is 1. The van der Waals surface area contributed by atoms with Gasteiger partial charge in [-0.3, -0.25) is 9.10 Å². The molecular formula is C24H24N2O5S. The van der Waals surface area contributed by atoms with Crippen molar-refractivity contribution in [2.45, 2.75) is 11.3 Å². The summed E-state index contributed by atoms with van der Waals surface area (Å²) >= 11 is 0. The Bertz CT molecular complexity index is 1210. The first-order valence-corrected chi connectivity index (χ1v) is 11.7. The standard InChI is InChI=1S/C24H24N2O5S/c1-30-16-17-31-23-9-5-3-7-21(23)24(27)25-19-10-12-20(13-11-19)32(28,29)26-15-14-18-6-2-4-8-22(18)26/h2-13H,14-17H2,1H3,(H,25,27). The summed E-state index contributed by atoms with van der Waals surface area (Å²) in [6.45, 7) is 1.15. The van der Waals surface area contributed by atoms with Crippen LogP contribution < -0.4 is 14.4 Å². The lowest BCUT2D eigenvalue weighted by molar-refractivity contribution is 0.101. The minimum absolute atomic E-state index is 0.176. The summed E-state index contributed by atoms with van der Waals surface area (Å²) < 4.78 is 38.3. The first-order chi connectivity index (χ1) is 15.5. The summed E-state index contributed by atoms with van der Waals surface area (Å²) in [6, 6.07) is 20.6. The van der Waals surface area contributed by atoms with Gasteiger partial charge in [0.1, 0.15) is 12.4 Å². The summed E-state index contributed by atoms with van der Waals surface area (Å²) in [7, 11) is -2.10. The molecule has 0 unspecified atom stereocenters. The first kappa shape index (κ1) is 21.9. The smallest absolute Gasteiger partial charge is 0.264 e. The quantitative estimate of drug-likeness (QED) is 0.527. The maximum absolute atomic E-state index is 13.1. The van der Waals surface area contributed by atoms with Gasteiger partial charge in [-0.2, -0.15) is 0 Å². The summed E-state index contributed by atoms with van der Waals surface area (Å²) in [5.74, 6) is 0.107. The van der Waals surface area contributed by atoms with E-state index in [9.17, 15) is 13.2 Å². The number of methoxy groups -OCH3 is 1. The van der Waals surface area contributed by atoms with Crippen LogP contribution in [0.25, 0.3) is 0 Å². The molecule has 0 radical (unpaired) electrons. The zero-order valence-electron chi connectivity index (χ0n) is 17.7. The number of hydrogen-bond donors (Lipinski definition) is 1. The van der Waals surface area contributed by atoms with Crippen molar-refractivity contribution in [1.29, 1.82) is 0 Å². The molecule has 3 aromatic rings. The Labute approximate surface area is 187 Å². The van der Waals surface area contributed by atoms with E-state index in [0.29, 0.717) is 43.2 Å². The van der Waals surface area contributed by atoms with Crippen molar-refractivity contribution < 1.29 is 22.7 Å². The van der Waals surface area contributed by atoms with Crippen LogP contribution in [-0.4, -0.2) is 41.2 Å². The van der Waals surface area contributed by atoms with Crippen LogP contribution >= 0.6 is 0 Å². The maximum Gasteiger partial charge on any atom is 0.264 e. The molecule has 166 valence electrons. The first-order valence-electron chi connectivity index (χ1n) is 10.2. The Morgan fingerprint density at radius 1 is 0.969 bits per heavy atom. The van der Waals surface area contributed by atoms with Crippen molar-refractivity contribution in [3.63, 3.8) is 0 Å². The van der Waals surface area contributed by atoms with Gasteiger partial charge in [-0.05, 0) is 54.4 Å². The number of nitrogens with zero attached hydrogens (tertiary/aromatic N) is 1. The zero-order chi connectivity index (χ0) is 22.6. The van der Waals surface area contributed by atoms with Crippen LogP contribution in [0.3, 0.4) is 0 Å². The molecule has 1 amide bonds. The van der Waals surface area contributed by atoms with E-state index in [4.69, 9.17) is 9.47 Å². The Morgan fingerprint density at radius 2 is 1.69 bits per heavy atom. The molecule has 3 aromatic carbocycles. The third-order valence-electron chi connectivity index (χ3n) is 5.22. The second kappa shape index (κ2) is 9.42. The van der Waals surface area contributed by atoms with Gasteiger partial charge in [0, 0.05) is 19.3 Å². The van der Waals surface area contributed by atoms with Crippen LogP contribution in [0.15, 0.2) is 77.7 Å². The lowest BCUT2D eigenvalue weighted by Gasteiger charge is -2.19. The van der Waals surface area contributed by atoms with Crippen LogP contribution in [0.2, 0.25) is 0 Å². The molecule has 1 N–H and O–H groups in total. The van der Waals surface area contributed by atoms with Gasteiger partial charge in [-0.15, -0.1) is 0 Å². The number of carbonyl (C=O) groups excluding carboxylic acids is 1. The number of ether oxygens (including phenoxy) is 2. The second-order valence-corrected chi connectivity index (χ2v) is 9.13. The Hall–Kier alpha value is -3.36. The third-order valence-corrected chi connectivity index (χ3v) is 7.05. The van der Waals surface area contributed by atoms with Crippen LogP contribution in [0.1, 0.15) is 15.9 Å². The van der Waals surface area contributed by atoms with Gasteiger partial charge in [0.25, 0.3) is 15.9 Å². The van der Waals surface area contributed by atoms with E-state index in [-0.39, 0.29) is 10.8 Å². The molecule has 1 aliphatic rings. The Balaban J connectivity index is 1.49. The van der Waals surface area contributed by atoms with E-state index in [0.717, 1.165) is 11.3 Å². The van der Waals surface area contributed by atoms with Crippen molar-refractivity contribution in [3.8, 4) is 5.75 Å². The van der Waals surface area contributed by atoms with Gasteiger partial charge in [-0.1, -0.05) is 30.3 Å². The fourth-order valence-electron chi connectivity index (χ4n) is 3.61. The zero-order valence-corrected chi connectivity index (χ0v) is 18.5. The van der Waals surface area contributed by atoms with Crippen molar-refractivity contribution in [3.05, 3.63) is 83.9 Å². The fraction of sp³-hybridized carbons (Fsp3) is 0.208. The molecule has 0 aliphatic carbocycles. The van der Waals surface area contributed by atoms with Gasteiger partial charge < -0.3 is 14.8 Å². The lowest BCUT2D eigenvalue weighted by atomic mass is 10.2. The molecule has 4 rings (SSSR count). The number of para-hydroxylation sites is 2. The number of fused-ring (bicyclic) bond motifs is 1. The number of rotatable bonds is 8. The predicted octanol–water partition coefficient (Wildman–Crippen LogP) is 3.72. The van der Waals surface area contributed by atoms with E-state index in [1.54, 1.807) is 43.5 Å². The molecule has 1 aliphatic heterocycles. The van der Waals surface area contributed by atoms with E-state index < -0.39 is 10.0 Å². The Morgan fingerprint density at radius 3 is 2.47 bits per heavy atom. The number of anilines is 2. The van der Waals surface area contributed by atoms with Gasteiger partial charge in [-0.25, -0.2) is 8.42 Å². The predicted molar refractivity (Wildman–Crippen MR) is 123 cm³/mol. The van der Waals surface area contributed by atoms with Crippen LogP contribution in [-0.2, 0) is 21.2 Å². The average molecular weight is 453 g/mol. The molecule has 7 nitrogen and oxygen atoms in total. The minimum Gasteiger partial charge on any atom is -0.490 e. The molecule has 0 atom stereocenters. The minimum atomic E-state index is -3.68. The molecule has 8 heteroatoms. The summed E-state index contributed by atoms with van der Waals surface area (Å²) in [6.07, 6.45) is 0.690. The van der Waals surface area contributed by atoms with E-state index in [1.807, 2.05) is 24.3 Å². The van der Waals surface area contributed by atoms with Crippen molar-refractivity contribution in [1.82, 2.24) is 0 Å². The van der Waals surface area contributed by atoms with Crippen molar-refractivity contribution in [2.24, 2.45) is 0 Å². The number of nitrogens with one attached hydrogen (secondary N) is 1. The number of sulfonamides is 1. The van der Waals surface area contributed by atoms with Gasteiger partial charge in [0.05, 0.1) is 22.8 Å². The summed E-state index contributed by atoms with van der Waals surface area (Å²) in [5.41, 5.74) is 2.61. The Kier molecular flexibility index (Phi) is 6.43. The van der Waals surface area contributed by atoms with Crippen LogP contribution in [0.4, 0.5) is 11.4 Å². The molecule has 1 heterocycles. The monoisotopic (exact) mass is 452 g/mol. The second-order valence-electron chi connectivity index (χ2n) is 7.27. The molecule has 0 saturated heterocycles. The van der Waals surface area contributed by atoms with E-state index in [1.165, 1.54) is 16.4 Å². The highest BCUT2D eigenvalue weighted by Gasteiger charge is 2.30. The summed E-state index contributed by atoms with van der Waals surface area (Å²) in [4.78, 5) is 12.9. The van der Waals surface area contributed by atoms with Crippen LogP contribution in [0.5, 0.6) is 5.75 Å². The third kappa shape index (κ3) is 4.46. The van der Waals surface area contributed by atoms with Crippen LogP contribution in [0, 0.1) is 0 Å². The molecule has 0 bridgehead atoms. The maximum atomic E-state index is 13.1. The number of benzene rings is 3. The highest BCUT2D eigenvalue weighted by molar-refractivity contribution is 7.92. The highest BCUT2D eigenvalue weighted by atomic mass is 32.2. The molecule has 32 heavy (non-hydrogen) atoms. The SMILES string of the molecule is COCCOc1ccccc1C(=O)Nc1ccc(S(=O)(=O)N2CCc3ccccc32)cc1. The number of carbonyl (C=O) groups is 1. The topological polar surface area (TPSA) is 84.9 Å². The van der Waals surface area contributed by atoms with E-state index >= 15 is 0 Å².